The Morgan fingerprint density at radius 1 is 1.00 bits per heavy atom. The van der Waals surface area contributed by atoms with E-state index < -0.39 is 5.97 Å². The van der Waals surface area contributed by atoms with E-state index in [1.54, 1.807) is 0 Å². The van der Waals surface area contributed by atoms with Gasteiger partial charge in [-0.15, -0.1) is 0 Å². The van der Waals surface area contributed by atoms with Crippen molar-refractivity contribution in [3.8, 4) is 0 Å². The van der Waals surface area contributed by atoms with E-state index in [0.29, 0.717) is 17.9 Å². The lowest BCUT2D eigenvalue weighted by atomic mass is 9.79. The first-order chi connectivity index (χ1) is 15.9. The van der Waals surface area contributed by atoms with Crippen LogP contribution in [0.25, 0.3) is 0 Å². The zero-order valence-corrected chi connectivity index (χ0v) is 20.9. The maximum atomic E-state index is 11.4. The molecule has 2 aromatic rings. The van der Waals surface area contributed by atoms with E-state index in [0.717, 1.165) is 35.5 Å². The van der Waals surface area contributed by atoms with Crippen molar-refractivity contribution in [3.63, 3.8) is 0 Å². The summed E-state index contributed by atoms with van der Waals surface area (Å²) in [6, 6.07) is 15.4. The predicted molar refractivity (Wildman–Crippen MR) is 140 cm³/mol. The number of carbonyl (C=O) groups is 1. The summed E-state index contributed by atoms with van der Waals surface area (Å²) in [4.78, 5) is 11.4. The predicted octanol–water partition coefficient (Wildman–Crippen LogP) is 7.98. The number of rotatable bonds is 11. The molecule has 0 aromatic heterocycles. The molecule has 2 aromatic carbocycles. The number of carboxylic acids is 1. The van der Waals surface area contributed by atoms with Crippen molar-refractivity contribution < 1.29 is 9.90 Å². The van der Waals surface area contributed by atoms with Crippen molar-refractivity contribution in [1.82, 2.24) is 0 Å². The van der Waals surface area contributed by atoms with Crippen LogP contribution in [0.3, 0.4) is 0 Å². The van der Waals surface area contributed by atoms with Gasteiger partial charge >= 0.3 is 5.97 Å². The molecule has 0 bridgehead atoms. The molecule has 0 amide bonds. The van der Waals surface area contributed by atoms with E-state index in [4.69, 9.17) is 0 Å². The first-order valence-corrected chi connectivity index (χ1v) is 12.9. The van der Waals surface area contributed by atoms with Crippen molar-refractivity contribution in [2.75, 3.05) is 10.6 Å². The fourth-order valence-corrected chi connectivity index (χ4v) is 5.23. The summed E-state index contributed by atoms with van der Waals surface area (Å²) in [6.45, 7) is 8.86. The average Bonchev–Trinajstić information content (AvgIpc) is 2.82. The van der Waals surface area contributed by atoms with Crippen molar-refractivity contribution >= 4 is 23.0 Å². The minimum Gasteiger partial charge on any atom is -0.481 e. The zero-order chi connectivity index (χ0) is 23.8. The molecule has 4 nitrogen and oxygen atoms in total. The fourth-order valence-electron chi connectivity index (χ4n) is 5.23. The van der Waals surface area contributed by atoms with Crippen LogP contribution in [0.5, 0.6) is 0 Å². The third-order valence-electron chi connectivity index (χ3n) is 7.27. The number of anilines is 3. The van der Waals surface area contributed by atoms with Gasteiger partial charge in [-0.3, -0.25) is 4.79 Å². The van der Waals surface area contributed by atoms with Gasteiger partial charge in [0.2, 0.25) is 0 Å². The van der Waals surface area contributed by atoms with Crippen LogP contribution in [0.1, 0.15) is 89.7 Å². The highest BCUT2D eigenvalue weighted by Gasteiger charge is 2.27. The van der Waals surface area contributed by atoms with E-state index in [2.05, 4.69) is 80.8 Å². The first kappa shape index (κ1) is 25.1. The highest BCUT2D eigenvalue weighted by molar-refractivity contribution is 5.76. The maximum Gasteiger partial charge on any atom is 0.303 e. The van der Waals surface area contributed by atoms with Gasteiger partial charge in [-0.2, -0.15) is 0 Å². The molecule has 1 saturated carbocycles. The lowest BCUT2D eigenvalue weighted by molar-refractivity contribution is -0.137. The second-order valence-electron chi connectivity index (χ2n) is 10.00. The van der Waals surface area contributed by atoms with Gasteiger partial charge in [0.15, 0.2) is 0 Å². The number of aryl methyl sites for hydroxylation is 1. The number of hydrogen-bond donors (Lipinski definition) is 3. The summed E-state index contributed by atoms with van der Waals surface area (Å²) in [7, 11) is 0. The molecular weight excluding hydrogens is 408 g/mol. The molecule has 33 heavy (non-hydrogen) atoms. The third-order valence-corrected chi connectivity index (χ3v) is 7.27. The second kappa shape index (κ2) is 12.1. The Bertz CT molecular complexity index is 885. The first-order valence-electron chi connectivity index (χ1n) is 12.9. The fraction of sp³-hybridized carbons (Fsp3) is 0.552. The van der Waals surface area contributed by atoms with Crippen LogP contribution in [0, 0.1) is 11.8 Å². The minimum atomic E-state index is -0.745. The maximum absolute atomic E-state index is 11.4. The number of hydrogen-bond acceptors (Lipinski definition) is 3. The zero-order valence-electron chi connectivity index (χ0n) is 20.9. The number of aliphatic carboxylic acids is 1. The number of benzene rings is 2. The molecule has 2 unspecified atom stereocenters. The highest BCUT2D eigenvalue weighted by Crippen LogP contribution is 2.36. The van der Waals surface area contributed by atoms with Gasteiger partial charge in [0, 0.05) is 11.7 Å². The van der Waals surface area contributed by atoms with E-state index >= 15 is 0 Å². The topological polar surface area (TPSA) is 61.4 Å². The highest BCUT2D eigenvalue weighted by atomic mass is 16.4. The Kier molecular flexibility index (Phi) is 9.22. The summed E-state index contributed by atoms with van der Waals surface area (Å²) >= 11 is 0. The molecule has 180 valence electrons. The van der Waals surface area contributed by atoms with Gasteiger partial charge in [-0.05, 0) is 78.8 Å². The van der Waals surface area contributed by atoms with Gasteiger partial charge in [0.25, 0.3) is 0 Å². The van der Waals surface area contributed by atoms with E-state index in [1.807, 2.05) is 0 Å². The molecule has 0 heterocycles. The molecule has 0 radical (unpaired) electrons. The van der Waals surface area contributed by atoms with Gasteiger partial charge in [-0.25, -0.2) is 0 Å². The second-order valence-corrected chi connectivity index (χ2v) is 10.00. The van der Waals surface area contributed by atoms with Crippen molar-refractivity contribution in [2.24, 2.45) is 11.8 Å². The normalized spacial score (nSPS) is 16.4. The lowest BCUT2D eigenvalue weighted by Crippen LogP contribution is -2.35. The molecule has 1 aliphatic carbocycles. The summed E-state index contributed by atoms with van der Waals surface area (Å²) in [6.07, 6.45) is 8.60. The standard InChI is InChI=1S/C29H42N2O2/c1-5-21-12-15-25(16-13-21)30-27-18-24(22(6-2)19-28(32)33)14-17-26(27)31-29(20(3)4)23-10-8-7-9-11-23/h12-18,20,22-23,29-31H,5-11,19H2,1-4H3,(H,32,33). The molecule has 3 rings (SSSR count). The van der Waals surface area contributed by atoms with Crippen LogP contribution in [-0.4, -0.2) is 17.1 Å². The van der Waals surface area contributed by atoms with Crippen LogP contribution in [0.15, 0.2) is 42.5 Å². The Morgan fingerprint density at radius 2 is 1.70 bits per heavy atom. The Balaban J connectivity index is 1.93. The third kappa shape index (κ3) is 6.99. The summed E-state index contributed by atoms with van der Waals surface area (Å²) in [5, 5.41) is 16.9. The Labute approximate surface area is 200 Å². The summed E-state index contributed by atoms with van der Waals surface area (Å²) in [5.74, 6) is 0.509. The van der Waals surface area contributed by atoms with E-state index in [1.165, 1.54) is 37.7 Å². The Morgan fingerprint density at radius 3 is 2.27 bits per heavy atom. The number of nitrogens with one attached hydrogen (secondary N) is 2. The largest absolute Gasteiger partial charge is 0.481 e. The van der Waals surface area contributed by atoms with Gasteiger partial charge < -0.3 is 15.7 Å². The van der Waals surface area contributed by atoms with Gasteiger partial charge in [0.1, 0.15) is 0 Å². The van der Waals surface area contributed by atoms with Crippen molar-refractivity contribution in [3.05, 3.63) is 53.6 Å². The van der Waals surface area contributed by atoms with E-state index in [-0.39, 0.29) is 12.3 Å². The lowest BCUT2D eigenvalue weighted by Gasteiger charge is -2.35. The quantitative estimate of drug-likeness (QED) is 0.325. The molecule has 1 fully saturated rings. The molecule has 4 heteroatoms. The minimum absolute atomic E-state index is 0.0128. The van der Waals surface area contributed by atoms with Crippen LogP contribution in [-0.2, 0) is 11.2 Å². The molecule has 3 N–H and O–H groups in total. The molecule has 0 spiro atoms. The summed E-state index contributed by atoms with van der Waals surface area (Å²) < 4.78 is 0. The van der Waals surface area contributed by atoms with Crippen LogP contribution in [0.2, 0.25) is 0 Å². The SMILES string of the molecule is CCc1ccc(Nc2cc(C(CC)CC(=O)O)ccc2NC(C(C)C)C2CCCCC2)cc1. The smallest absolute Gasteiger partial charge is 0.303 e. The van der Waals surface area contributed by atoms with Gasteiger partial charge in [0.05, 0.1) is 17.8 Å². The van der Waals surface area contributed by atoms with Crippen LogP contribution >= 0.6 is 0 Å². The van der Waals surface area contributed by atoms with Crippen molar-refractivity contribution in [1.29, 1.82) is 0 Å². The van der Waals surface area contributed by atoms with Crippen molar-refractivity contribution in [2.45, 2.75) is 91.0 Å². The van der Waals surface area contributed by atoms with Crippen LogP contribution < -0.4 is 10.6 Å². The molecule has 0 saturated heterocycles. The molecule has 1 aliphatic rings. The monoisotopic (exact) mass is 450 g/mol. The van der Waals surface area contributed by atoms with E-state index in [9.17, 15) is 9.90 Å². The number of carboxylic acid groups (broad SMARTS) is 1. The summed E-state index contributed by atoms with van der Waals surface area (Å²) in [5.41, 5.74) is 5.58. The Hall–Kier alpha value is -2.49. The average molecular weight is 451 g/mol. The molecule has 0 aliphatic heterocycles. The molecule has 2 atom stereocenters. The molecular formula is C29H42N2O2. The van der Waals surface area contributed by atoms with Gasteiger partial charge in [-0.1, -0.05) is 65.2 Å². The van der Waals surface area contributed by atoms with Crippen LogP contribution in [0.4, 0.5) is 17.1 Å².